The quantitative estimate of drug-likeness (QED) is 0.235. The summed E-state index contributed by atoms with van der Waals surface area (Å²) in [7, 11) is 0. The Balaban J connectivity index is 1.41. The van der Waals surface area contributed by atoms with Gasteiger partial charge in [0.1, 0.15) is 23.9 Å². The number of rotatable bonds is 8. The number of aromatic hydroxyl groups is 1. The second-order valence-electron chi connectivity index (χ2n) is 7.86. The molecule has 5 nitrogen and oxygen atoms in total. The molecule has 2 N–H and O–H groups in total. The average molecular weight is 469 g/mol. The fourth-order valence-electron chi connectivity index (χ4n) is 3.61. The number of carbonyl (C=O) groups excluding carboxylic acids is 1. The van der Waals surface area contributed by atoms with Gasteiger partial charge in [-0.2, -0.15) is 5.10 Å². The zero-order valence-corrected chi connectivity index (χ0v) is 19.2. The molecule has 0 aliphatic rings. The number of benzene rings is 4. The van der Waals surface area contributed by atoms with E-state index in [1.54, 1.807) is 19.1 Å². The van der Waals surface area contributed by atoms with Crippen LogP contribution in [-0.2, 0) is 6.61 Å². The first kappa shape index (κ1) is 23.7. The first-order chi connectivity index (χ1) is 17.0. The Hall–Kier alpha value is -4.45. The number of hydrogen-bond donors (Lipinski definition) is 2. The Labute approximate surface area is 203 Å². The van der Waals surface area contributed by atoms with E-state index in [4.69, 9.17) is 4.74 Å². The summed E-state index contributed by atoms with van der Waals surface area (Å²) in [6.07, 6.45) is 0.401. The monoisotopic (exact) mass is 468 g/mol. The summed E-state index contributed by atoms with van der Waals surface area (Å²) in [6, 6.07) is 28.5. The fraction of sp³-hybridized carbons (Fsp3) is 0.103. The molecule has 4 rings (SSSR count). The Morgan fingerprint density at radius 3 is 2.40 bits per heavy atom. The van der Waals surface area contributed by atoms with Crippen LogP contribution in [0.4, 0.5) is 4.39 Å². The minimum Gasteiger partial charge on any atom is -0.507 e. The predicted octanol–water partition coefficient (Wildman–Crippen LogP) is 6.32. The Morgan fingerprint density at radius 2 is 1.66 bits per heavy atom. The number of phenolic OH excluding ortho intramolecular Hbond substituents is 1. The van der Waals surface area contributed by atoms with Crippen LogP contribution in [0.2, 0.25) is 0 Å². The van der Waals surface area contributed by atoms with Gasteiger partial charge in [-0.25, -0.2) is 9.82 Å². The Bertz CT molecular complexity index is 1340. The normalized spacial score (nSPS) is 11.2. The lowest BCUT2D eigenvalue weighted by Gasteiger charge is -2.12. The standard InChI is InChI=1S/C29H25FN2O3/c1-2-26(25-18-23(30)16-17-27(25)33)31-32-29(34)22-14-12-20(13-15-22)19-35-28-11-7-6-10-24(28)21-8-4-3-5-9-21/h3-18,33H,2,19H2,1H3,(H,32,34)/b31-26+. The number of carbonyl (C=O) groups is 1. The molecule has 4 aromatic rings. The molecule has 0 atom stereocenters. The molecule has 0 fully saturated rings. The van der Waals surface area contributed by atoms with E-state index in [-0.39, 0.29) is 11.3 Å². The third-order valence-corrected chi connectivity index (χ3v) is 5.48. The van der Waals surface area contributed by atoms with Crippen LogP contribution in [0.15, 0.2) is 102 Å². The molecule has 0 aliphatic carbocycles. The number of phenols is 1. The van der Waals surface area contributed by atoms with Gasteiger partial charge in [-0.05, 0) is 53.9 Å². The first-order valence-corrected chi connectivity index (χ1v) is 11.3. The van der Waals surface area contributed by atoms with E-state index in [1.807, 2.05) is 66.7 Å². The lowest BCUT2D eigenvalue weighted by atomic mass is 10.0. The van der Waals surface area contributed by atoms with Gasteiger partial charge < -0.3 is 9.84 Å². The molecule has 0 unspecified atom stereocenters. The van der Waals surface area contributed by atoms with Gasteiger partial charge in [0.15, 0.2) is 0 Å². The maximum Gasteiger partial charge on any atom is 0.271 e. The van der Waals surface area contributed by atoms with Crippen molar-refractivity contribution in [3.8, 4) is 22.6 Å². The number of nitrogens with zero attached hydrogens (tertiary/aromatic N) is 1. The van der Waals surface area contributed by atoms with E-state index >= 15 is 0 Å². The first-order valence-electron chi connectivity index (χ1n) is 11.3. The molecule has 0 aromatic heterocycles. The Morgan fingerprint density at radius 1 is 0.943 bits per heavy atom. The van der Waals surface area contributed by atoms with Gasteiger partial charge in [0.25, 0.3) is 5.91 Å². The smallest absolute Gasteiger partial charge is 0.271 e. The van der Waals surface area contributed by atoms with Crippen LogP contribution in [0, 0.1) is 5.82 Å². The Kier molecular flexibility index (Phi) is 7.53. The zero-order valence-electron chi connectivity index (χ0n) is 19.2. The summed E-state index contributed by atoms with van der Waals surface area (Å²) in [4.78, 5) is 12.6. The summed E-state index contributed by atoms with van der Waals surface area (Å²) in [6.45, 7) is 2.16. The fourth-order valence-corrected chi connectivity index (χ4v) is 3.61. The predicted molar refractivity (Wildman–Crippen MR) is 135 cm³/mol. The average Bonchev–Trinajstić information content (AvgIpc) is 2.90. The summed E-state index contributed by atoms with van der Waals surface area (Å²) >= 11 is 0. The van der Waals surface area contributed by atoms with Crippen molar-refractivity contribution in [1.82, 2.24) is 5.43 Å². The lowest BCUT2D eigenvalue weighted by molar-refractivity contribution is 0.0954. The van der Waals surface area contributed by atoms with Crippen LogP contribution < -0.4 is 10.2 Å². The van der Waals surface area contributed by atoms with Crippen molar-refractivity contribution < 1.29 is 19.0 Å². The maximum atomic E-state index is 13.6. The third kappa shape index (κ3) is 5.92. The van der Waals surface area contributed by atoms with Gasteiger partial charge in [-0.1, -0.05) is 67.6 Å². The molecular weight excluding hydrogens is 443 g/mol. The van der Waals surface area contributed by atoms with Gasteiger partial charge in [0.05, 0.1) is 5.71 Å². The highest BCUT2D eigenvalue weighted by atomic mass is 19.1. The molecule has 0 saturated heterocycles. The summed E-state index contributed by atoms with van der Waals surface area (Å²) in [5, 5.41) is 14.1. The number of amides is 1. The van der Waals surface area contributed by atoms with Crippen molar-refractivity contribution in [2.45, 2.75) is 20.0 Å². The van der Waals surface area contributed by atoms with Crippen molar-refractivity contribution in [2.75, 3.05) is 0 Å². The minimum atomic E-state index is -0.491. The molecule has 176 valence electrons. The number of hydrazone groups is 1. The van der Waals surface area contributed by atoms with E-state index in [0.717, 1.165) is 28.5 Å². The van der Waals surface area contributed by atoms with Crippen LogP contribution in [0.3, 0.4) is 0 Å². The van der Waals surface area contributed by atoms with Crippen molar-refractivity contribution in [1.29, 1.82) is 0 Å². The zero-order chi connectivity index (χ0) is 24.6. The number of para-hydroxylation sites is 1. The van der Waals surface area contributed by atoms with Crippen molar-refractivity contribution in [2.24, 2.45) is 5.10 Å². The molecule has 4 aromatic carbocycles. The van der Waals surface area contributed by atoms with Gasteiger partial charge in [-0.3, -0.25) is 4.79 Å². The molecule has 0 spiro atoms. The molecule has 0 radical (unpaired) electrons. The van der Waals surface area contributed by atoms with Gasteiger partial charge in [0, 0.05) is 16.7 Å². The molecular formula is C29H25FN2O3. The SMILES string of the molecule is CC/C(=N\NC(=O)c1ccc(COc2ccccc2-c2ccccc2)cc1)c1cc(F)ccc1O. The van der Waals surface area contributed by atoms with Gasteiger partial charge in [0.2, 0.25) is 0 Å². The van der Waals surface area contributed by atoms with E-state index in [2.05, 4.69) is 10.5 Å². The van der Waals surface area contributed by atoms with E-state index in [1.165, 1.54) is 12.1 Å². The number of halogens is 1. The van der Waals surface area contributed by atoms with Crippen LogP contribution in [0.25, 0.3) is 11.1 Å². The third-order valence-electron chi connectivity index (χ3n) is 5.48. The van der Waals surface area contributed by atoms with Crippen molar-refractivity contribution >= 4 is 11.6 Å². The molecule has 0 saturated carbocycles. The van der Waals surface area contributed by atoms with Crippen LogP contribution in [-0.4, -0.2) is 16.7 Å². The van der Waals surface area contributed by atoms with Crippen molar-refractivity contribution in [3.05, 3.63) is 120 Å². The number of nitrogens with one attached hydrogen (secondary N) is 1. The van der Waals surface area contributed by atoms with E-state index < -0.39 is 11.7 Å². The van der Waals surface area contributed by atoms with Crippen LogP contribution in [0.5, 0.6) is 11.5 Å². The minimum absolute atomic E-state index is 0.0977. The van der Waals surface area contributed by atoms with Crippen LogP contribution >= 0.6 is 0 Å². The largest absolute Gasteiger partial charge is 0.507 e. The summed E-state index contributed by atoms with van der Waals surface area (Å²) in [5.74, 6) is -0.217. The summed E-state index contributed by atoms with van der Waals surface area (Å²) in [5.41, 5.74) is 6.52. The lowest BCUT2D eigenvalue weighted by Crippen LogP contribution is -2.20. The molecule has 6 heteroatoms. The molecule has 35 heavy (non-hydrogen) atoms. The second-order valence-corrected chi connectivity index (χ2v) is 7.86. The highest BCUT2D eigenvalue weighted by molar-refractivity contribution is 6.04. The van der Waals surface area contributed by atoms with Crippen LogP contribution in [0.1, 0.15) is 34.8 Å². The van der Waals surface area contributed by atoms with Gasteiger partial charge in [-0.15, -0.1) is 0 Å². The topological polar surface area (TPSA) is 70.9 Å². The summed E-state index contributed by atoms with van der Waals surface area (Å²) < 4.78 is 19.6. The molecule has 0 bridgehead atoms. The van der Waals surface area contributed by atoms with Gasteiger partial charge >= 0.3 is 0 Å². The highest BCUT2D eigenvalue weighted by Gasteiger charge is 2.11. The number of hydrogen-bond acceptors (Lipinski definition) is 4. The van der Waals surface area contributed by atoms with E-state index in [0.29, 0.717) is 24.3 Å². The number of ether oxygens (including phenoxy) is 1. The molecule has 0 heterocycles. The highest BCUT2D eigenvalue weighted by Crippen LogP contribution is 2.30. The molecule has 0 aliphatic heterocycles. The maximum absolute atomic E-state index is 13.6. The van der Waals surface area contributed by atoms with Crippen molar-refractivity contribution in [3.63, 3.8) is 0 Å². The van der Waals surface area contributed by atoms with E-state index in [9.17, 15) is 14.3 Å². The second kappa shape index (κ2) is 11.1. The molecule has 1 amide bonds.